The number of nitrogens with zero attached hydrogens (tertiary/aromatic N) is 2. The van der Waals surface area contributed by atoms with E-state index in [4.69, 9.17) is 27.9 Å². The minimum Gasteiger partial charge on any atom is -0.545 e. The largest absolute Gasteiger partial charge is 0.545 e. The van der Waals surface area contributed by atoms with Crippen LogP contribution in [-0.4, -0.2) is 43.2 Å². The Labute approximate surface area is 252 Å². The van der Waals surface area contributed by atoms with E-state index < -0.39 is 17.5 Å². The molecule has 3 aromatic rings. The molecule has 42 heavy (non-hydrogen) atoms. The topological polar surface area (TPSA) is 92.9 Å². The highest BCUT2D eigenvalue weighted by molar-refractivity contribution is 6.39. The SMILES string of the molecule is O=C([O-])c1cc(Cl)c(C2=c3cc4c5c(c3Oc3c2cc2c6c3CCCN6CCC2)CCC[N+]=5CCC4)c(C(=O)O)c1Cl. The van der Waals surface area contributed by atoms with E-state index in [-0.39, 0.29) is 21.2 Å². The van der Waals surface area contributed by atoms with Crippen molar-refractivity contribution in [2.75, 3.05) is 31.1 Å². The number of anilines is 1. The first kappa shape index (κ1) is 26.1. The number of hydrogen-bond donors (Lipinski definition) is 1. The van der Waals surface area contributed by atoms with Crippen LogP contribution < -0.4 is 29.9 Å². The number of rotatable bonds is 3. The van der Waals surface area contributed by atoms with Gasteiger partial charge >= 0.3 is 5.97 Å². The van der Waals surface area contributed by atoms with E-state index in [1.165, 1.54) is 28.2 Å². The second-order valence-electron chi connectivity index (χ2n) is 11.9. The molecule has 0 unspecified atom stereocenters. The van der Waals surface area contributed by atoms with Crippen LogP contribution >= 0.6 is 23.2 Å². The third kappa shape index (κ3) is 3.62. The van der Waals surface area contributed by atoms with E-state index in [9.17, 15) is 19.8 Å². The van der Waals surface area contributed by atoms with Crippen molar-refractivity contribution < 1.29 is 24.5 Å². The van der Waals surface area contributed by atoms with Crippen molar-refractivity contribution in [1.82, 2.24) is 4.58 Å². The lowest BCUT2D eigenvalue weighted by atomic mass is 9.81. The molecule has 9 heteroatoms. The average Bonchev–Trinajstić information content (AvgIpc) is 2.98. The van der Waals surface area contributed by atoms with Crippen LogP contribution in [0.4, 0.5) is 5.69 Å². The molecule has 5 aliphatic rings. The summed E-state index contributed by atoms with van der Waals surface area (Å²) in [4.78, 5) is 27.2. The van der Waals surface area contributed by atoms with E-state index in [1.54, 1.807) is 0 Å². The van der Waals surface area contributed by atoms with Crippen molar-refractivity contribution in [3.05, 3.63) is 83.3 Å². The molecule has 0 saturated carbocycles. The van der Waals surface area contributed by atoms with Crippen molar-refractivity contribution in [3.8, 4) is 11.5 Å². The molecule has 3 aromatic carbocycles. The van der Waals surface area contributed by atoms with Gasteiger partial charge in [-0.2, -0.15) is 0 Å². The van der Waals surface area contributed by atoms with Crippen molar-refractivity contribution in [2.24, 2.45) is 0 Å². The number of ether oxygens (including phenoxy) is 1. The van der Waals surface area contributed by atoms with Gasteiger partial charge in [-0.15, -0.1) is 0 Å². The number of fused-ring (bicyclic) bond motifs is 4. The third-order valence-corrected chi connectivity index (χ3v) is 10.3. The fourth-order valence-electron chi connectivity index (χ4n) is 8.00. The predicted octanol–water partition coefficient (Wildman–Crippen LogP) is 3.49. The molecule has 0 bridgehead atoms. The molecule has 0 saturated heterocycles. The highest BCUT2D eigenvalue weighted by Gasteiger charge is 2.37. The lowest BCUT2D eigenvalue weighted by Gasteiger charge is -2.39. The van der Waals surface area contributed by atoms with Gasteiger partial charge in [0.15, 0.2) is 0 Å². The Kier molecular flexibility index (Phi) is 5.89. The average molecular weight is 604 g/mol. The molecule has 214 valence electrons. The van der Waals surface area contributed by atoms with Gasteiger partial charge in [-0.05, 0) is 62.3 Å². The van der Waals surface area contributed by atoms with Crippen LogP contribution in [0.25, 0.3) is 5.57 Å². The highest BCUT2D eigenvalue weighted by Crippen LogP contribution is 2.50. The number of benzene rings is 3. The van der Waals surface area contributed by atoms with Crippen molar-refractivity contribution in [3.63, 3.8) is 0 Å². The van der Waals surface area contributed by atoms with Gasteiger partial charge < -0.3 is 24.6 Å². The summed E-state index contributed by atoms with van der Waals surface area (Å²) in [6.07, 6.45) is 7.65. The predicted molar refractivity (Wildman–Crippen MR) is 158 cm³/mol. The standard InChI is InChI=1S/C33H28Cl2N2O5/c34-23-15-22(32(38)39)27(35)26(33(40)41)25(23)24-20-13-16-5-1-9-36-11-3-7-18(28(16)36)30(20)42-31-19-8-4-12-37-10-2-6-17(29(19)37)14-21(24)31/h13-15H,1-12H2,(H-,38,39,40,41). The van der Waals surface area contributed by atoms with Crippen LogP contribution in [-0.2, 0) is 25.7 Å². The van der Waals surface area contributed by atoms with E-state index in [0.717, 1.165) is 111 Å². The van der Waals surface area contributed by atoms with Crippen LogP contribution in [0.3, 0.4) is 0 Å². The zero-order valence-corrected chi connectivity index (χ0v) is 24.5. The maximum absolute atomic E-state index is 12.8. The first-order chi connectivity index (χ1) is 20.3. The summed E-state index contributed by atoms with van der Waals surface area (Å²) in [6.45, 7) is 4.04. The molecule has 5 heterocycles. The zero-order valence-electron chi connectivity index (χ0n) is 22.9. The Morgan fingerprint density at radius 3 is 2.38 bits per heavy atom. The summed E-state index contributed by atoms with van der Waals surface area (Å²) in [5.74, 6) is -1.43. The fraction of sp³-hybridized carbons (Fsp3) is 0.364. The fourth-order valence-corrected chi connectivity index (χ4v) is 8.61. The molecule has 0 radical (unpaired) electrons. The monoisotopic (exact) mass is 602 g/mol. The summed E-state index contributed by atoms with van der Waals surface area (Å²) in [6, 6.07) is 5.50. The number of carbonyl (C=O) groups is 2. The number of aryl methyl sites for hydroxylation is 2. The Morgan fingerprint density at radius 2 is 1.62 bits per heavy atom. The van der Waals surface area contributed by atoms with Gasteiger partial charge in [0.1, 0.15) is 24.6 Å². The Bertz CT molecular complexity index is 1910. The summed E-state index contributed by atoms with van der Waals surface area (Å²) in [5.41, 5.74) is 6.86. The van der Waals surface area contributed by atoms with Crippen LogP contribution in [0.15, 0.2) is 18.2 Å². The Balaban J connectivity index is 1.57. The van der Waals surface area contributed by atoms with Gasteiger partial charge in [-0.1, -0.05) is 23.2 Å². The van der Waals surface area contributed by atoms with Crippen molar-refractivity contribution in [2.45, 2.75) is 51.4 Å². The number of hydrogen-bond acceptors (Lipinski definition) is 5. The van der Waals surface area contributed by atoms with E-state index in [2.05, 4.69) is 21.6 Å². The molecule has 1 N–H and O–H groups in total. The summed E-state index contributed by atoms with van der Waals surface area (Å²) in [7, 11) is 0. The molecule has 0 spiro atoms. The van der Waals surface area contributed by atoms with Crippen LogP contribution in [0.5, 0.6) is 11.5 Å². The van der Waals surface area contributed by atoms with Crippen LogP contribution in [0.1, 0.15) is 79.8 Å². The quantitative estimate of drug-likeness (QED) is 0.361. The number of carbonyl (C=O) groups excluding carboxylic acids is 1. The maximum Gasteiger partial charge on any atom is 0.337 e. The number of carboxylic acid groups (broad SMARTS) is 2. The number of aromatic carboxylic acids is 2. The summed E-state index contributed by atoms with van der Waals surface area (Å²) in [5, 5.41) is 24.0. The Hall–Kier alpha value is -3.55. The normalized spacial score (nSPS) is 18.0. The van der Waals surface area contributed by atoms with E-state index in [1.807, 2.05) is 0 Å². The Morgan fingerprint density at radius 1 is 0.905 bits per heavy atom. The molecule has 0 aromatic heterocycles. The van der Waals surface area contributed by atoms with Gasteiger partial charge in [0.05, 0.1) is 27.1 Å². The lowest BCUT2D eigenvalue weighted by molar-refractivity contribution is -0.255. The maximum atomic E-state index is 12.8. The minimum absolute atomic E-state index is 0.00535. The summed E-state index contributed by atoms with van der Waals surface area (Å²) >= 11 is 13.4. The summed E-state index contributed by atoms with van der Waals surface area (Å²) < 4.78 is 9.46. The van der Waals surface area contributed by atoms with Crippen LogP contribution in [0, 0.1) is 0 Å². The second-order valence-corrected chi connectivity index (χ2v) is 12.7. The molecular weight excluding hydrogens is 575 g/mol. The first-order valence-corrected chi connectivity index (χ1v) is 15.5. The third-order valence-electron chi connectivity index (χ3n) is 9.59. The van der Waals surface area contributed by atoms with Crippen molar-refractivity contribution >= 4 is 46.4 Å². The molecular formula is C33H28Cl2N2O5. The molecule has 8 rings (SSSR count). The van der Waals surface area contributed by atoms with Gasteiger partial charge in [-0.25, -0.2) is 9.37 Å². The van der Waals surface area contributed by atoms with Gasteiger partial charge in [-0.3, -0.25) is 0 Å². The molecule has 5 aliphatic heterocycles. The van der Waals surface area contributed by atoms with E-state index in [0.29, 0.717) is 5.57 Å². The molecule has 0 fully saturated rings. The number of halogens is 2. The van der Waals surface area contributed by atoms with Crippen LogP contribution in [0.2, 0.25) is 10.0 Å². The molecule has 0 atom stereocenters. The molecule has 0 aliphatic carbocycles. The second kappa shape index (κ2) is 9.48. The van der Waals surface area contributed by atoms with Gasteiger partial charge in [0.2, 0.25) is 5.36 Å². The number of carboxylic acids is 2. The minimum atomic E-state index is -1.58. The van der Waals surface area contributed by atoms with Gasteiger partial charge in [0, 0.05) is 70.2 Å². The van der Waals surface area contributed by atoms with Gasteiger partial charge in [0.25, 0.3) is 0 Å². The van der Waals surface area contributed by atoms with Crippen molar-refractivity contribution in [1.29, 1.82) is 0 Å². The first-order valence-electron chi connectivity index (χ1n) is 14.7. The van der Waals surface area contributed by atoms with E-state index >= 15 is 0 Å². The highest BCUT2D eigenvalue weighted by atomic mass is 35.5. The smallest absolute Gasteiger partial charge is 0.337 e. The lowest BCUT2D eigenvalue weighted by Crippen LogP contribution is -2.45. The zero-order chi connectivity index (χ0) is 28.9. The molecule has 0 amide bonds. The molecule has 7 nitrogen and oxygen atoms in total.